The molecule has 0 atom stereocenters. The standard InChI is InChI=1S/C13H7Cl2F4N/c14-7-2-1-6(3-8(7)15)5-20-13-11(18)9(16)4-10(17)12(13)19/h1-4,20H,5H2. The molecule has 106 valence electrons. The van der Waals surface area contributed by atoms with Gasteiger partial charge < -0.3 is 5.32 Å². The zero-order chi connectivity index (χ0) is 14.9. The molecule has 0 heterocycles. The topological polar surface area (TPSA) is 12.0 Å². The van der Waals surface area contributed by atoms with Gasteiger partial charge >= 0.3 is 0 Å². The lowest BCUT2D eigenvalue weighted by molar-refractivity contribution is 0.458. The molecule has 0 amide bonds. The first kappa shape index (κ1) is 14.9. The molecule has 0 aliphatic rings. The third-order valence-electron chi connectivity index (χ3n) is 2.57. The van der Waals surface area contributed by atoms with E-state index in [0.29, 0.717) is 10.6 Å². The van der Waals surface area contributed by atoms with Gasteiger partial charge in [-0.1, -0.05) is 29.3 Å². The molecule has 1 nitrogen and oxygen atoms in total. The second kappa shape index (κ2) is 5.89. The molecular weight excluding hydrogens is 317 g/mol. The number of benzene rings is 2. The van der Waals surface area contributed by atoms with Crippen LogP contribution in [0.4, 0.5) is 23.2 Å². The molecule has 7 heteroatoms. The highest BCUT2D eigenvalue weighted by Crippen LogP contribution is 2.26. The van der Waals surface area contributed by atoms with Crippen LogP contribution < -0.4 is 5.32 Å². The van der Waals surface area contributed by atoms with Crippen molar-refractivity contribution >= 4 is 28.9 Å². The van der Waals surface area contributed by atoms with Gasteiger partial charge in [0.15, 0.2) is 23.3 Å². The molecule has 0 aromatic heterocycles. The molecule has 1 N–H and O–H groups in total. The zero-order valence-electron chi connectivity index (χ0n) is 9.78. The van der Waals surface area contributed by atoms with E-state index in [1.807, 2.05) is 0 Å². The largest absolute Gasteiger partial charge is 0.376 e. The van der Waals surface area contributed by atoms with Crippen molar-refractivity contribution in [2.45, 2.75) is 6.54 Å². The summed E-state index contributed by atoms with van der Waals surface area (Å²) in [6, 6.07) is 4.68. The number of hydrogen-bond acceptors (Lipinski definition) is 1. The predicted octanol–water partition coefficient (Wildman–Crippen LogP) is 5.16. The van der Waals surface area contributed by atoms with Gasteiger partial charge in [0, 0.05) is 12.6 Å². The molecule has 0 saturated carbocycles. The van der Waals surface area contributed by atoms with E-state index in [4.69, 9.17) is 23.2 Å². The van der Waals surface area contributed by atoms with Crippen molar-refractivity contribution in [2.75, 3.05) is 5.32 Å². The average molecular weight is 324 g/mol. The Labute approximate surface area is 122 Å². The summed E-state index contributed by atoms with van der Waals surface area (Å²) in [4.78, 5) is 0. The summed E-state index contributed by atoms with van der Waals surface area (Å²) in [5.41, 5.74) is -0.323. The van der Waals surface area contributed by atoms with Crippen LogP contribution in [0.5, 0.6) is 0 Å². The van der Waals surface area contributed by atoms with Crippen LogP contribution in [0.25, 0.3) is 0 Å². The van der Waals surface area contributed by atoms with Gasteiger partial charge in [0.1, 0.15) is 5.69 Å². The first-order chi connectivity index (χ1) is 9.40. The van der Waals surface area contributed by atoms with E-state index in [1.165, 1.54) is 12.1 Å². The van der Waals surface area contributed by atoms with Crippen molar-refractivity contribution < 1.29 is 17.6 Å². The van der Waals surface area contributed by atoms with E-state index in [9.17, 15) is 17.6 Å². The predicted molar refractivity (Wildman–Crippen MR) is 70.1 cm³/mol. The Hall–Kier alpha value is -1.46. The highest BCUT2D eigenvalue weighted by Gasteiger charge is 2.18. The molecule has 2 aromatic rings. The summed E-state index contributed by atoms with van der Waals surface area (Å²) in [7, 11) is 0. The fourth-order valence-corrected chi connectivity index (χ4v) is 1.89. The smallest absolute Gasteiger partial charge is 0.185 e. The number of nitrogens with one attached hydrogen (secondary N) is 1. The van der Waals surface area contributed by atoms with Gasteiger partial charge in [-0.15, -0.1) is 0 Å². The molecule has 2 rings (SSSR count). The van der Waals surface area contributed by atoms with Crippen LogP contribution in [0.3, 0.4) is 0 Å². The highest BCUT2D eigenvalue weighted by atomic mass is 35.5. The Kier molecular flexibility index (Phi) is 4.40. The SMILES string of the molecule is Fc1cc(F)c(F)c(NCc2ccc(Cl)c(Cl)c2)c1F. The second-order valence-corrected chi connectivity index (χ2v) is 4.76. The van der Waals surface area contributed by atoms with Gasteiger partial charge in [0.25, 0.3) is 0 Å². The molecule has 0 aliphatic carbocycles. The van der Waals surface area contributed by atoms with E-state index in [1.54, 1.807) is 6.07 Å². The maximum absolute atomic E-state index is 13.4. The van der Waals surface area contributed by atoms with Gasteiger partial charge in [0.05, 0.1) is 10.0 Å². The molecule has 0 aliphatic heterocycles. The fourth-order valence-electron chi connectivity index (χ4n) is 1.57. The van der Waals surface area contributed by atoms with Crippen molar-refractivity contribution in [3.63, 3.8) is 0 Å². The monoisotopic (exact) mass is 323 g/mol. The number of anilines is 1. The average Bonchev–Trinajstić information content (AvgIpc) is 2.40. The van der Waals surface area contributed by atoms with E-state index in [0.717, 1.165) is 0 Å². The van der Waals surface area contributed by atoms with Crippen LogP contribution >= 0.6 is 23.2 Å². The molecule has 20 heavy (non-hydrogen) atoms. The third kappa shape index (κ3) is 2.99. The lowest BCUT2D eigenvalue weighted by Gasteiger charge is -2.10. The van der Waals surface area contributed by atoms with Gasteiger partial charge in [-0.3, -0.25) is 0 Å². The molecule has 0 saturated heterocycles. The van der Waals surface area contributed by atoms with E-state index >= 15 is 0 Å². The van der Waals surface area contributed by atoms with Gasteiger partial charge in [-0.05, 0) is 17.7 Å². The van der Waals surface area contributed by atoms with Crippen LogP contribution in [0.2, 0.25) is 10.0 Å². The van der Waals surface area contributed by atoms with Gasteiger partial charge in [-0.2, -0.15) is 0 Å². The Morgan fingerprint density at radius 1 is 0.850 bits per heavy atom. The maximum atomic E-state index is 13.4. The van der Waals surface area contributed by atoms with Gasteiger partial charge in [-0.25, -0.2) is 17.6 Å². The Bertz CT molecular complexity index is 635. The molecule has 0 bridgehead atoms. The molecule has 0 unspecified atom stereocenters. The summed E-state index contributed by atoms with van der Waals surface area (Å²) < 4.78 is 52.8. The van der Waals surface area contributed by atoms with Gasteiger partial charge in [0.2, 0.25) is 0 Å². The minimum absolute atomic E-state index is 0.0758. The Morgan fingerprint density at radius 2 is 1.45 bits per heavy atom. The first-order valence-corrected chi connectivity index (χ1v) is 6.16. The van der Waals surface area contributed by atoms with Crippen molar-refractivity contribution in [1.29, 1.82) is 0 Å². The molecule has 2 aromatic carbocycles. The van der Waals surface area contributed by atoms with Crippen molar-refractivity contribution in [3.05, 3.63) is 63.1 Å². The number of rotatable bonds is 3. The third-order valence-corrected chi connectivity index (χ3v) is 3.30. The molecule has 0 spiro atoms. The lowest BCUT2D eigenvalue weighted by Crippen LogP contribution is -2.07. The van der Waals surface area contributed by atoms with Crippen molar-refractivity contribution in [1.82, 2.24) is 0 Å². The van der Waals surface area contributed by atoms with Crippen molar-refractivity contribution in [2.24, 2.45) is 0 Å². The number of hydrogen-bond donors (Lipinski definition) is 1. The van der Waals surface area contributed by atoms with Crippen LogP contribution in [0.1, 0.15) is 5.56 Å². The normalized spacial score (nSPS) is 10.7. The molecule has 0 fully saturated rings. The molecular formula is C13H7Cl2F4N. The summed E-state index contributed by atoms with van der Waals surface area (Å²) in [5, 5.41) is 2.88. The quantitative estimate of drug-likeness (QED) is 0.607. The summed E-state index contributed by atoms with van der Waals surface area (Å²) >= 11 is 11.5. The molecule has 0 radical (unpaired) electrons. The minimum atomic E-state index is -1.48. The second-order valence-electron chi connectivity index (χ2n) is 3.95. The van der Waals surface area contributed by atoms with Crippen molar-refractivity contribution in [3.8, 4) is 0 Å². The maximum Gasteiger partial charge on any atom is 0.185 e. The summed E-state index contributed by atoms with van der Waals surface area (Å²) in [6.07, 6.45) is 0. The Morgan fingerprint density at radius 3 is 2.00 bits per heavy atom. The Balaban J connectivity index is 2.25. The minimum Gasteiger partial charge on any atom is -0.376 e. The van der Waals surface area contributed by atoms with E-state index < -0.39 is 29.0 Å². The highest BCUT2D eigenvalue weighted by molar-refractivity contribution is 6.42. The fraction of sp³-hybridized carbons (Fsp3) is 0.0769. The zero-order valence-corrected chi connectivity index (χ0v) is 11.3. The summed E-state index contributed by atoms with van der Waals surface area (Å²) in [6.45, 7) is -0.0758. The van der Waals surface area contributed by atoms with Crippen LogP contribution in [0.15, 0.2) is 24.3 Å². The lowest BCUT2D eigenvalue weighted by atomic mass is 10.2. The first-order valence-electron chi connectivity index (χ1n) is 5.41. The van der Waals surface area contributed by atoms with E-state index in [2.05, 4.69) is 5.32 Å². The van der Waals surface area contributed by atoms with Crippen LogP contribution in [-0.4, -0.2) is 0 Å². The summed E-state index contributed by atoms with van der Waals surface area (Å²) in [5.74, 6) is -5.91. The van der Waals surface area contributed by atoms with Crippen LogP contribution in [-0.2, 0) is 6.54 Å². The van der Waals surface area contributed by atoms with Crippen LogP contribution in [0, 0.1) is 23.3 Å². The van der Waals surface area contributed by atoms with E-state index in [-0.39, 0.29) is 17.6 Å². The number of halogens is 6.